The summed E-state index contributed by atoms with van der Waals surface area (Å²) >= 11 is 6.55. The molecular weight excluding hydrogens is 760 g/mol. The van der Waals surface area contributed by atoms with Crippen LogP contribution < -0.4 is 14.4 Å². The Morgan fingerprint density at radius 1 is 0.982 bits per heavy atom. The molecule has 1 spiro atoms. The van der Waals surface area contributed by atoms with E-state index in [1.165, 1.54) is 36.9 Å². The number of sulfonamides is 1. The van der Waals surface area contributed by atoms with Gasteiger partial charge in [-0.3, -0.25) is 14.6 Å². The van der Waals surface area contributed by atoms with Gasteiger partial charge in [-0.15, -0.1) is 0 Å². The molecule has 1 N–H and O–H groups in total. The first-order chi connectivity index (χ1) is 27.5. The Morgan fingerprint density at radius 2 is 1.86 bits per heavy atom. The second kappa shape index (κ2) is 17.3. The van der Waals surface area contributed by atoms with Crippen molar-refractivity contribution in [1.29, 1.82) is 0 Å². The van der Waals surface area contributed by atoms with Gasteiger partial charge in [-0.1, -0.05) is 37.4 Å². The van der Waals surface area contributed by atoms with Gasteiger partial charge in [0.1, 0.15) is 5.75 Å². The van der Waals surface area contributed by atoms with E-state index in [0.717, 1.165) is 107 Å². The molecule has 2 aliphatic carbocycles. The molecule has 57 heavy (non-hydrogen) atoms. The van der Waals surface area contributed by atoms with Gasteiger partial charge in [-0.25, -0.2) is 13.1 Å². The van der Waals surface area contributed by atoms with Crippen LogP contribution in [0.5, 0.6) is 5.75 Å². The Balaban J connectivity index is 1.19. The van der Waals surface area contributed by atoms with Crippen LogP contribution >= 0.6 is 11.6 Å². The van der Waals surface area contributed by atoms with Gasteiger partial charge < -0.3 is 19.1 Å². The third-order valence-electron chi connectivity index (χ3n) is 14.8. The first kappa shape index (κ1) is 41.3. The first-order valence-corrected chi connectivity index (χ1v) is 23.9. The third kappa shape index (κ3) is 8.49. The molecule has 2 saturated heterocycles. The molecule has 0 radical (unpaired) electrons. The van der Waals surface area contributed by atoms with Crippen molar-refractivity contribution >= 4 is 33.2 Å². The summed E-state index contributed by atoms with van der Waals surface area (Å²) in [5, 5.41) is -0.0143. The van der Waals surface area contributed by atoms with Gasteiger partial charge >= 0.3 is 0 Å². The number of anilines is 1. The van der Waals surface area contributed by atoms with E-state index in [0.29, 0.717) is 49.7 Å². The minimum atomic E-state index is -4.03. The lowest BCUT2D eigenvalue weighted by atomic mass is 9.62. The number of carbonyl (C=O) groups is 1. The molecule has 7 atom stereocenters. The van der Waals surface area contributed by atoms with E-state index in [-0.39, 0.29) is 16.9 Å². The number of hydrogen-bond acceptors (Lipinski definition) is 9. The number of piperazine rings is 1. The highest BCUT2D eigenvalue weighted by Gasteiger charge is 2.51. The van der Waals surface area contributed by atoms with Crippen LogP contribution in [0.15, 0.2) is 36.4 Å². The van der Waals surface area contributed by atoms with Crippen molar-refractivity contribution in [2.75, 3.05) is 77.6 Å². The molecule has 314 valence electrons. The number of nitrogens with one attached hydrogen (secondary N) is 1. The molecule has 6 aliphatic rings. The largest absolute Gasteiger partial charge is 0.490 e. The van der Waals surface area contributed by atoms with Crippen LogP contribution in [-0.4, -0.2) is 114 Å². The minimum absolute atomic E-state index is 0.180. The van der Waals surface area contributed by atoms with Gasteiger partial charge in [0.2, 0.25) is 10.0 Å². The SMILES string of the molecule is CCO[C@]1(CN2CCN3CCCC[C@@H]3C2)CCC[C@H](C)[C@@H](CCOC)S(=O)(=O)NC(=O)c2ccc3c(c2)N(C[C@@H]2CC[C@H]21)C[C@@]1(CCCc2cc(Cl)ccc21)CO3. The monoisotopic (exact) mass is 824 g/mol. The fourth-order valence-electron chi connectivity index (χ4n) is 11.8. The van der Waals surface area contributed by atoms with Crippen LogP contribution in [0.4, 0.5) is 5.69 Å². The number of hydrogen-bond donors (Lipinski definition) is 1. The number of rotatable bonds is 7. The van der Waals surface area contributed by atoms with Crippen LogP contribution in [0.1, 0.15) is 106 Å². The van der Waals surface area contributed by atoms with E-state index >= 15 is 0 Å². The summed E-state index contributed by atoms with van der Waals surface area (Å²) in [5.74, 6) is 0.691. The van der Waals surface area contributed by atoms with Gasteiger partial charge in [0, 0.05) is 81.6 Å². The van der Waals surface area contributed by atoms with E-state index in [1.807, 2.05) is 25.1 Å². The predicted octanol–water partition coefficient (Wildman–Crippen LogP) is 7.07. The van der Waals surface area contributed by atoms with Gasteiger partial charge in [-0.05, 0) is 137 Å². The summed E-state index contributed by atoms with van der Waals surface area (Å²) in [5.41, 5.74) is 3.15. The molecule has 0 aromatic heterocycles. The molecule has 3 fully saturated rings. The second-order valence-electron chi connectivity index (χ2n) is 18.3. The molecule has 4 heterocycles. The quantitative estimate of drug-likeness (QED) is 0.315. The van der Waals surface area contributed by atoms with Crippen molar-refractivity contribution in [3.05, 3.63) is 58.1 Å². The number of carbonyl (C=O) groups excluding carboxylic acids is 1. The number of aryl methyl sites for hydroxylation is 1. The van der Waals surface area contributed by atoms with Crippen molar-refractivity contribution < 1.29 is 27.4 Å². The highest BCUT2D eigenvalue weighted by atomic mass is 35.5. The number of piperidine rings is 1. The lowest BCUT2D eigenvalue weighted by Crippen LogP contribution is -2.62. The van der Waals surface area contributed by atoms with E-state index in [1.54, 1.807) is 13.2 Å². The number of amides is 1. The zero-order chi connectivity index (χ0) is 39.8. The predicted molar refractivity (Wildman–Crippen MR) is 226 cm³/mol. The molecule has 2 aromatic rings. The third-order valence-corrected chi connectivity index (χ3v) is 17.0. The maximum absolute atomic E-state index is 14.2. The average molecular weight is 826 g/mol. The van der Waals surface area contributed by atoms with Gasteiger partial charge in [0.05, 0.1) is 23.1 Å². The molecule has 2 bridgehead atoms. The van der Waals surface area contributed by atoms with Crippen molar-refractivity contribution in [1.82, 2.24) is 14.5 Å². The highest BCUT2D eigenvalue weighted by Crippen LogP contribution is 2.50. The van der Waals surface area contributed by atoms with E-state index in [2.05, 4.69) is 38.5 Å². The van der Waals surface area contributed by atoms with Crippen LogP contribution in [0, 0.1) is 17.8 Å². The summed E-state index contributed by atoms with van der Waals surface area (Å²) in [7, 11) is -2.44. The number of ether oxygens (including phenoxy) is 3. The molecule has 1 amide bonds. The number of fused-ring (bicyclic) bond motifs is 5. The molecule has 2 aromatic carbocycles. The number of nitrogens with zero attached hydrogens (tertiary/aromatic N) is 3. The number of benzene rings is 2. The highest BCUT2D eigenvalue weighted by molar-refractivity contribution is 7.90. The summed E-state index contributed by atoms with van der Waals surface area (Å²) in [6.45, 7) is 12.6. The number of methoxy groups -OCH3 is 1. The molecule has 10 nitrogen and oxygen atoms in total. The topological polar surface area (TPSA) is 101 Å². The summed E-state index contributed by atoms with van der Waals surface area (Å²) in [6, 6.07) is 12.4. The van der Waals surface area contributed by atoms with Crippen molar-refractivity contribution in [3.8, 4) is 5.75 Å². The standard InChI is InChI=1S/C45H65ClN4O6S/c1-4-56-45(30-48-22-23-49-21-6-5-11-37(49)28-48)20-7-9-32(2)42(18-24-54-3)57(52,53)47-43(51)34-13-17-41-40(26-34)50(27-35-12-15-39(35)45)29-44(31-55-41)19-8-10-33-25-36(46)14-16-38(33)44/h13-14,16-17,25-26,32,35,37,39,42H,4-12,15,18-24,27-31H2,1-3H3,(H,47,51)/t32-,35-,37+,39+,42+,44-,45-/m0/s1. The van der Waals surface area contributed by atoms with E-state index in [9.17, 15) is 13.2 Å². The van der Waals surface area contributed by atoms with Gasteiger partial charge in [-0.2, -0.15) is 0 Å². The minimum Gasteiger partial charge on any atom is -0.490 e. The fourth-order valence-corrected chi connectivity index (χ4v) is 13.7. The second-order valence-corrected chi connectivity index (χ2v) is 20.7. The molecule has 8 rings (SSSR count). The first-order valence-electron chi connectivity index (χ1n) is 22.0. The Hall–Kier alpha value is -2.41. The molecule has 12 heteroatoms. The summed E-state index contributed by atoms with van der Waals surface area (Å²) in [6.07, 6.45) is 11.9. The van der Waals surface area contributed by atoms with Crippen molar-refractivity contribution in [3.63, 3.8) is 0 Å². The number of halogens is 1. The lowest BCUT2D eigenvalue weighted by Gasteiger charge is -2.54. The van der Waals surface area contributed by atoms with E-state index < -0.39 is 21.2 Å². The van der Waals surface area contributed by atoms with Crippen molar-refractivity contribution in [2.45, 2.75) is 113 Å². The molecule has 0 unspecified atom stereocenters. The van der Waals surface area contributed by atoms with Crippen LogP contribution in [-0.2, 0) is 31.3 Å². The Kier molecular flexibility index (Phi) is 12.5. The zero-order valence-corrected chi connectivity index (χ0v) is 36.1. The maximum Gasteiger partial charge on any atom is 0.264 e. The Bertz CT molecular complexity index is 1860. The lowest BCUT2D eigenvalue weighted by molar-refractivity contribution is -0.151. The van der Waals surface area contributed by atoms with Gasteiger partial charge in [0.15, 0.2) is 0 Å². The maximum atomic E-state index is 14.2. The van der Waals surface area contributed by atoms with Crippen LogP contribution in [0.2, 0.25) is 5.02 Å². The smallest absolute Gasteiger partial charge is 0.264 e. The van der Waals surface area contributed by atoms with Crippen LogP contribution in [0.25, 0.3) is 0 Å². The molecular formula is C45H65ClN4O6S. The van der Waals surface area contributed by atoms with Gasteiger partial charge in [0.25, 0.3) is 5.91 Å². The van der Waals surface area contributed by atoms with Crippen LogP contribution in [0.3, 0.4) is 0 Å². The average Bonchev–Trinajstić information content (AvgIpc) is 3.32. The molecule has 4 aliphatic heterocycles. The zero-order valence-electron chi connectivity index (χ0n) is 34.5. The van der Waals surface area contributed by atoms with E-state index in [4.69, 9.17) is 25.8 Å². The summed E-state index contributed by atoms with van der Waals surface area (Å²) in [4.78, 5) is 21.9. The fraction of sp³-hybridized carbons (Fsp3) is 0.711. The summed E-state index contributed by atoms with van der Waals surface area (Å²) < 4.78 is 50.2. The Morgan fingerprint density at radius 3 is 2.67 bits per heavy atom. The molecule has 1 saturated carbocycles. The normalized spacial score (nSPS) is 33.5. The van der Waals surface area contributed by atoms with Crippen molar-refractivity contribution in [2.24, 2.45) is 17.8 Å². The Labute approximate surface area is 346 Å².